The number of aromatic nitrogens is 3. The highest BCUT2D eigenvalue weighted by Crippen LogP contribution is 2.24. The Kier molecular flexibility index (Phi) is 4.34. The molecule has 0 saturated heterocycles. The molecule has 1 amide bonds. The number of amides is 1. The molecule has 0 saturated carbocycles. The predicted molar refractivity (Wildman–Crippen MR) is 81.1 cm³/mol. The summed E-state index contributed by atoms with van der Waals surface area (Å²) in [5, 5.41) is 23.4. The molecule has 9 heteroatoms. The van der Waals surface area contributed by atoms with Crippen molar-refractivity contribution in [3.8, 4) is 6.07 Å². The summed E-state index contributed by atoms with van der Waals surface area (Å²) in [5.74, 6) is 0.172. The molecule has 0 aliphatic rings. The quantitative estimate of drug-likeness (QED) is 0.674. The molecule has 2 aromatic heterocycles. The van der Waals surface area contributed by atoms with Gasteiger partial charge in [-0.1, -0.05) is 21.1 Å². The lowest BCUT2D eigenvalue weighted by Crippen LogP contribution is -2.25. The van der Waals surface area contributed by atoms with E-state index in [0.717, 1.165) is 9.86 Å². The van der Waals surface area contributed by atoms with E-state index >= 15 is 0 Å². The summed E-state index contributed by atoms with van der Waals surface area (Å²) in [6.07, 6.45) is 0.232. The number of nitriles is 1. The van der Waals surface area contributed by atoms with E-state index in [-0.39, 0.29) is 24.8 Å². The average molecular weight is 376 g/mol. The number of nitrogens with zero attached hydrogens (tertiary/aromatic N) is 4. The van der Waals surface area contributed by atoms with E-state index in [1.54, 1.807) is 0 Å². The predicted octanol–water partition coefficient (Wildman–Crippen LogP) is 1.75. The van der Waals surface area contributed by atoms with Gasteiger partial charge in [-0.05, 0) is 18.2 Å². The van der Waals surface area contributed by atoms with Gasteiger partial charge in [-0.3, -0.25) is 4.79 Å². The lowest BCUT2D eigenvalue weighted by atomic mass is 10.2. The third kappa shape index (κ3) is 3.54. The number of halogens is 1. The van der Waals surface area contributed by atoms with Crippen molar-refractivity contribution < 1.29 is 13.7 Å². The number of carbonyl (C=O) groups excluding carboxylic acids is 1. The second-order valence-electron chi connectivity index (χ2n) is 4.65. The molecule has 0 aliphatic heterocycles. The molecule has 116 valence electrons. The van der Waals surface area contributed by atoms with Crippen LogP contribution in [0.25, 0.3) is 11.0 Å². The first-order valence-electron chi connectivity index (χ1n) is 6.64. The normalized spacial score (nSPS) is 10.6. The van der Waals surface area contributed by atoms with Gasteiger partial charge >= 0.3 is 0 Å². The van der Waals surface area contributed by atoms with E-state index in [0.29, 0.717) is 23.6 Å². The van der Waals surface area contributed by atoms with Gasteiger partial charge in [-0.25, -0.2) is 0 Å². The highest BCUT2D eigenvalue weighted by atomic mass is 79.9. The van der Waals surface area contributed by atoms with Crippen LogP contribution in [0.15, 0.2) is 31.6 Å². The van der Waals surface area contributed by atoms with Crippen molar-refractivity contribution in [3.63, 3.8) is 0 Å². The van der Waals surface area contributed by atoms with Crippen LogP contribution in [0.5, 0.6) is 0 Å². The highest BCUT2D eigenvalue weighted by Gasteiger charge is 2.15. The first kappa shape index (κ1) is 15.2. The third-order valence-corrected chi connectivity index (χ3v) is 3.50. The van der Waals surface area contributed by atoms with Crippen LogP contribution in [0.2, 0.25) is 0 Å². The maximum Gasteiger partial charge on any atom is 0.230 e. The molecular weight excluding hydrogens is 366 g/mol. The second-order valence-corrected chi connectivity index (χ2v) is 5.56. The van der Waals surface area contributed by atoms with Gasteiger partial charge in [0.25, 0.3) is 0 Å². The van der Waals surface area contributed by atoms with Crippen molar-refractivity contribution in [2.45, 2.75) is 12.8 Å². The van der Waals surface area contributed by atoms with Gasteiger partial charge in [0.2, 0.25) is 17.7 Å². The monoisotopic (exact) mass is 375 g/mol. The van der Waals surface area contributed by atoms with Gasteiger partial charge in [0, 0.05) is 9.86 Å². The fourth-order valence-corrected chi connectivity index (χ4v) is 2.36. The van der Waals surface area contributed by atoms with Crippen molar-refractivity contribution in [2.24, 2.45) is 0 Å². The first-order valence-corrected chi connectivity index (χ1v) is 7.43. The lowest BCUT2D eigenvalue weighted by molar-refractivity contribution is -0.120. The molecular formula is C14H10BrN5O3. The zero-order valence-electron chi connectivity index (χ0n) is 11.7. The molecule has 23 heavy (non-hydrogen) atoms. The molecule has 1 N–H and O–H groups in total. The summed E-state index contributed by atoms with van der Waals surface area (Å²) >= 11 is 3.40. The number of fused-ring (bicyclic) bond motifs is 1. The summed E-state index contributed by atoms with van der Waals surface area (Å²) in [5.41, 5.74) is 1.34. The maximum absolute atomic E-state index is 11.5. The van der Waals surface area contributed by atoms with Crippen molar-refractivity contribution in [1.82, 2.24) is 20.7 Å². The van der Waals surface area contributed by atoms with Crippen molar-refractivity contribution in [1.29, 1.82) is 5.26 Å². The number of rotatable bonds is 5. The molecule has 0 aliphatic carbocycles. The Labute approximate surface area is 138 Å². The van der Waals surface area contributed by atoms with Crippen LogP contribution < -0.4 is 5.32 Å². The largest absolute Gasteiger partial charge is 0.424 e. The van der Waals surface area contributed by atoms with Crippen LogP contribution in [0.1, 0.15) is 17.5 Å². The van der Waals surface area contributed by atoms with Crippen molar-refractivity contribution in [2.75, 3.05) is 6.54 Å². The summed E-state index contributed by atoms with van der Waals surface area (Å²) in [7, 11) is 0. The Morgan fingerprint density at radius 1 is 1.35 bits per heavy atom. The molecule has 0 spiro atoms. The van der Waals surface area contributed by atoms with Gasteiger partial charge in [-0.15, -0.1) is 10.2 Å². The fourth-order valence-electron chi connectivity index (χ4n) is 2.00. The van der Waals surface area contributed by atoms with Crippen LogP contribution in [0, 0.1) is 11.3 Å². The van der Waals surface area contributed by atoms with Crippen molar-refractivity contribution in [3.05, 3.63) is 40.1 Å². The minimum Gasteiger partial charge on any atom is -0.424 e. The number of benzene rings is 1. The molecule has 1 aromatic carbocycles. The van der Waals surface area contributed by atoms with E-state index in [1.165, 1.54) is 0 Å². The summed E-state index contributed by atoms with van der Waals surface area (Å²) in [6, 6.07) is 7.39. The second kappa shape index (κ2) is 6.58. The number of hydrogen-bond acceptors (Lipinski definition) is 7. The van der Waals surface area contributed by atoms with E-state index < -0.39 is 0 Å². The number of carbonyl (C=O) groups is 1. The molecule has 8 nitrogen and oxygen atoms in total. The van der Waals surface area contributed by atoms with Gasteiger partial charge < -0.3 is 14.3 Å². The molecule has 2 heterocycles. The summed E-state index contributed by atoms with van der Waals surface area (Å²) in [4.78, 5) is 11.5. The van der Waals surface area contributed by atoms with Gasteiger partial charge in [-0.2, -0.15) is 5.26 Å². The Morgan fingerprint density at radius 3 is 3.00 bits per heavy atom. The SMILES string of the molecule is N#CCNC(=O)Cc1nnc(Cc2noc3ccc(Br)cc23)o1. The highest BCUT2D eigenvalue weighted by molar-refractivity contribution is 9.10. The topological polar surface area (TPSA) is 118 Å². The van der Waals surface area contributed by atoms with Crippen LogP contribution in [-0.2, 0) is 17.6 Å². The minimum absolute atomic E-state index is 0.0559. The molecule has 3 aromatic rings. The number of hydrogen-bond donors (Lipinski definition) is 1. The zero-order valence-corrected chi connectivity index (χ0v) is 13.3. The van der Waals surface area contributed by atoms with E-state index in [1.807, 2.05) is 24.3 Å². The average Bonchev–Trinajstić information content (AvgIpc) is 3.13. The Hall–Kier alpha value is -2.73. The molecule has 0 fully saturated rings. The molecule has 0 bridgehead atoms. The van der Waals surface area contributed by atoms with Gasteiger partial charge in [0.15, 0.2) is 5.58 Å². The number of nitrogens with one attached hydrogen (secondary N) is 1. The van der Waals surface area contributed by atoms with E-state index in [2.05, 4.69) is 36.6 Å². The van der Waals surface area contributed by atoms with Crippen LogP contribution >= 0.6 is 15.9 Å². The Morgan fingerprint density at radius 2 is 2.17 bits per heavy atom. The Bertz CT molecular complexity index is 895. The minimum atomic E-state index is -0.349. The molecule has 0 unspecified atom stereocenters. The standard InChI is InChI=1S/C14H10BrN5O3/c15-8-1-2-11-9(5-8)10(20-23-11)6-13-18-19-14(22-13)7-12(21)17-4-3-16/h1-2,5H,4,6-7H2,(H,17,21). The molecule has 3 rings (SSSR count). The summed E-state index contributed by atoms with van der Waals surface area (Å²) in [6.45, 7) is -0.0559. The Balaban J connectivity index is 1.72. The van der Waals surface area contributed by atoms with E-state index in [9.17, 15) is 4.79 Å². The van der Waals surface area contributed by atoms with Crippen LogP contribution in [0.3, 0.4) is 0 Å². The maximum atomic E-state index is 11.5. The smallest absolute Gasteiger partial charge is 0.230 e. The van der Waals surface area contributed by atoms with Gasteiger partial charge in [0.1, 0.15) is 18.7 Å². The first-order chi connectivity index (χ1) is 11.2. The van der Waals surface area contributed by atoms with Crippen molar-refractivity contribution >= 4 is 32.8 Å². The molecule has 0 radical (unpaired) electrons. The van der Waals surface area contributed by atoms with Gasteiger partial charge in [0.05, 0.1) is 12.5 Å². The fraction of sp³-hybridized carbons (Fsp3) is 0.214. The third-order valence-electron chi connectivity index (χ3n) is 3.01. The van der Waals surface area contributed by atoms with Crippen LogP contribution in [0.4, 0.5) is 0 Å². The molecule has 0 atom stereocenters. The summed E-state index contributed by atoms with van der Waals surface area (Å²) < 4.78 is 11.6. The lowest BCUT2D eigenvalue weighted by Gasteiger charge is -1.96. The zero-order chi connectivity index (χ0) is 16.2. The van der Waals surface area contributed by atoms with E-state index in [4.69, 9.17) is 14.2 Å². The van der Waals surface area contributed by atoms with Crippen LogP contribution in [-0.4, -0.2) is 27.8 Å².